The molecule has 194 valence electrons. The molecule has 4 aromatic heterocycles. The Kier molecular flexibility index (Phi) is 7.26. The molecule has 0 spiro atoms. The van der Waals surface area contributed by atoms with Gasteiger partial charge in [0, 0.05) is 60.6 Å². The molecule has 0 saturated heterocycles. The number of fused-ring (bicyclic) bond motifs is 1. The number of hydrogen-bond acceptors (Lipinski definition) is 6. The van der Waals surface area contributed by atoms with E-state index in [9.17, 15) is 10.1 Å². The maximum atomic E-state index is 12.9. The summed E-state index contributed by atoms with van der Waals surface area (Å²) in [5.74, 6) is 0.594. The van der Waals surface area contributed by atoms with Crippen LogP contribution in [0.25, 0.3) is 22.2 Å². The monoisotopic (exact) mass is 536 g/mol. The van der Waals surface area contributed by atoms with Crippen LogP contribution in [0.5, 0.6) is 5.75 Å². The van der Waals surface area contributed by atoms with Crippen molar-refractivity contribution in [2.75, 3.05) is 7.05 Å². The van der Waals surface area contributed by atoms with E-state index in [1.807, 2.05) is 48.9 Å². The van der Waals surface area contributed by atoms with E-state index in [0.717, 1.165) is 22.3 Å². The molecule has 0 aliphatic rings. The summed E-state index contributed by atoms with van der Waals surface area (Å²) in [5, 5.41) is 10.8. The summed E-state index contributed by atoms with van der Waals surface area (Å²) in [6, 6.07) is 19.0. The molecule has 0 fully saturated rings. The standard InChI is InChI=1S/C30H25ClN6O2/c1-19-14-23(27-10-9-21(15-32)36(27)3)22-7-4-8-28(29(22)35-19)39-18-24-25(31)11-12-34-26(24)17-37-13-5-6-20(16-33-2)30(37)38/h4-14,16H,17-18H2,1-3H3. The number of para-hydroxylation sites is 1. The second kappa shape index (κ2) is 10.9. The quantitative estimate of drug-likeness (QED) is 0.263. The van der Waals surface area contributed by atoms with Crippen LogP contribution in [0.3, 0.4) is 0 Å². The van der Waals surface area contributed by atoms with E-state index in [1.54, 1.807) is 48.3 Å². The van der Waals surface area contributed by atoms with Gasteiger partial charge < -0.3 is 13.9 Å². The van der Waals surface area contributed by atoms with E-state index in [4.69, 9.17) is 21.3 Å². The van der Waals surface area contributed by atoms with Gasteiger partial charge in [0.1, 0.15) is 29.6 Å². The minimum Gasteiger partial charge on any atom is -0.486 e. The molecule has 1 aromatic carbocycles. The van der Waals surface area contributed by atoms with Crippen molar-refractivity contribution in [3.8, 4) is 23.1 Å². The number of benzene rings is 1. The molecule has 5 aromatic rings. The number of pyridine rings is 3. The van der Waals surface area contributed by atoms with E-state index in [2.05, 4.69) is 16.0 Å². The molecule has 5 rings (SSSR count). The van der Waals surface area contributed by atoms with Crippen molar-refractivity contribution in [1.82, 2.24) is 19.1 Å². The van der Waals surface area contributed by atoms with Gasteiger partial charge >= 0.3 is 0 Å². The number of ether oxygens (including phenoxy) is 1. The predicted octanol–water partition coefficient (Wildman–Crippen LogP) is 5.31. The number of nitrogens with zero attached hydrogens (tertiary/aromatic N) is 6. The molecule has 39 heavy (non-hydrogen) atoms. The third-order valence-electron chi connectivity index (χ3n) is 6.54. The topological polar surface area (TPSA) is 98.1 Å². The Hall–Kier alpha value is -4.74. The van der Waals surface area contributed by atoms with Crippen molar-refractivity contribution in [2.45, 2.75) is 20.1 Å². The van der Waals surface area contributed by atoms with Gasteiger partial charge in [-0.15, -0.1) is 0 Å². The highest BCUT2D eigenvalue weighted by atomic mass is 35.5. The minimum atomic E-state index is -0.168. The van der Waals surface area contributed by atoms with Gasteiger partial charge in [0.25, 0.3) is 5.56 Å². The number of halogens is 1. The molecular weight excluding hydrogens is 512 g/mol. The highest BCUT2D eigenvalue weighted by molar-refractivity contribution is 6.31. The fraction of sp³-hybridized carbons (Fsp3) is 0.167. The van der Waals surface area contributed by atoms with Gasteiger partial charge in [-0.25, -0.2) is 4.98 Å². The van der Waals surface area contributed by atoms with Gasteiger partial charge in [0.2, 0.25) is 0 Å². The van der Waals surface area contributed by atoms with Crippen LogP contribution >= 0.6 is 11.6 Å². The van der Waals surface area contributed by atoms with Crippen molar-refractivity contribution in [1.29, 1.82) is 5.26 Å². The molecule has 0 bridgehead atoms. The van der Waals surface area contributed by atoms with Crippen LogP contribution in [0.2, 0.25) is 5.02 Å². The summed E-state index contributed by atoms with van der Waals surface area (Å²) < 4.78 is 9.75. The van der Waals surface area contributed by atoms with E-state index >= 15 is 0 Å². The molecule has 0 unspecified atom stereocenters. The van der Waals surface area contributed by atoms with E-state index < -0.39 is 0 Å². The molecule has 0 saturated carbocycles. The average Bonchev–Trinajstić information content (AvgIpc) is 3.30. The Morgan fingerprint density at radius 2 is 2.03 bits per heavy atom. The highest BCUT2D eigenvalue weighted by Crippen LogP contribution is 2.34. The zero-order valence-electron chi connectivity index (χ0n) is 21.7. The molecule has 4 heterocycles. The number of nitriles is 1. The van der Waals surface area contributed by atoms with Crippen molar-refractivity contribution in [2.24, 2.45) is 12.0 Å². The summed E-state index contributed by atoms with van der Waals surface area (Å²) in [4.78, 5) is 26.1. The first-order valence-corrected chi connectivity index (χ1v) is 12.6. The fourth-order valence-corrected chi connectivity index (χ4v) is 4.82. The van der Waals surface area contributed by atoms with Gasteiger partial charge in [0.15, 0.2) is 0 Å². The van der Waals surface area contributed by atoms with Gasteiger partial charge in [-0.05, 0) is 49.4 Å². The summed E-state index contributed by atoms with van der Waals surface area (Å²) in [6.45, 7) is 2.30. The smallest absolute Gasteiger partial charge is 0.259 e. The van der Waals surface area contributed by atoms with Crippen LogP contribution in [-0.4, -0.2) is 32.4 Å². The van der Waals surface area contributed by atoms with E-state index in [0.29, 0.717) is 38.8 Å². The van der Waals surface area contributed by atoms with Crippen LogP contribution in [-0.2, 0) is 20.2 Å². The van der Waals surface area contributed by atoms with Crippen LogP contribution in [0, 0.1) is 18.3 Å². The Morgan fingerprint density at radius 1 is 1.18 bits per heavy atom. The first-order valence-electron chi connectivity index (χ1n) is 12.2. The van der Waals surface area contributed by atoms with Crippen molar-refractivity contribution in [3.05, 3.63) is 111 Å². The maximum Gasteiger partial charge on any atom is 0.259 e. The van der Waals surface area contributed by atoms with E-state index in [1.165, 1.54) is 6.21 Å². The molecular formula is C30H25ClN6O2. The number of aliphatic imine (C=N–C) groups is 1. The third-order valence-corrected chi connectivity index (χ3v) is 6.89. The largest absolute Gasteiger partial charge is 0.486 e. The second-order valence-corrected chi connectivity index (χ2v) is 9.44. The predicted molar refractivity (Wildman–Crippen MR) is 153 cm³/mol. The van der Waals surface area contributed by atoms with Gasteiger partial charge in [-0.3, -0.25) is 14.8 Å². The minimum absolute atomic E-state index is 0.139. The summed E-state index contributed by atoms with van der Waals surface area (Å²) >= 11 is 6.59. The average molecular weight is 537 g/mol. The Labute approximate surface area is 230 Å². The molecule has 0 atom stereocenters. The first-order chi connectivity index (χ1) is 18.9. The summed E-state index contributed by atoms with van der Waals surface area (Å²) in [6.07, 6.45) is 4.87. The lowest BCUT2D eigenvalue weighted by Crippen LogP contribution is -2.24. The second-order valence-electron chi connectivity index (χ2n) is 9.03. The molecule has 0 N–H and O–H groups in total. The number of rotatable bonds is 7. The van der Waals surface area contributed by atoms with Gasteiger partial charge in [-0.1, -0.05) is 23.7 Å². The molecule has 9 heteroatoms. The van der Waals surface area contributed by atoms with Gasteiger partial charge in [0.05, 0.1) is 22.8 Å². The van der Waals surface area contributed by atoms with Crippen LogP contribution < -0.4 is 10.3 Å². The van der Waals surface area contributed by atoms with Crippen molar-refractivity contribution >= 4 is 28.7 Å². The SMILES string of the molecule is CN=Cc1cccn(Cc2nccc(Cl)c2COc2cccc3c(-c4ccc(C#N)n4C)cc(C)nc23)c1=O. The zero-order chi connectivity index (χ0) is 27.5. The van der Waals surface area contributed by atoms with Gasteiger partial charge in [-0.2, -0.15) is 5.26 Å². The van der Waals surface area contributed by atoms with E-state index in [-0.39, 0.29) is 18.7 Å². The maximum absolute atomic E-state index is 12.9. The van der Waals surface area contributed by atoms with Crippen LogP contribution in [0.15, 0.2) is 76.8 Å². The number of aryl methyl sites for hydroxylation is 1. The lowest BCUT2D eigenvalue weighted by Gasteiger charge is -2.16. The fourth-order valence-electron chi connectivity index (χ4n) is 4.60. The molecule has 8 nitrogen and oxygen atoms in total. The molecule has 0 aliphatic heterocycles. The first kappa shape index (κ1) is 25.9. The summed E-state index contributed by atoms with van der Waals surface area (Å²) in [7, 11) is 3.50. The third kappa shape index (κ3) is 5.05. The zero-order valence-corrected chi connectivity index (χ0v) is 22.5. The Bertz CT molecular complexity index is 1830. The van der Waals surface area contributed by atoms with Crippen LogP contribution in [0.1, 0.15) is 28.2 Å². The summed E-state index contributed by atoms with van der Waals surface area (Å²) in [5.41, 5.74) is 5.62. The lowest BCUT2D eigenvalue weighted by atomic mass is 10.0. The van der Waals surface area contributed by atoms with Crippen LogP contribution in [0.4, 0.5) is 0 Å². The highest BCUT2D eigenvalue weighted by Gasteiger charge is 2.16. The normalized spacial score (nSPS) is 11.3. The number of aromatic nitrogens is 4. The molecule has 0 radical (unpaired) electrons. The number of hydrogen-bond donors (Lipinski definition) is 0. The Balaban J connectivity index is 1.51. The molecule has 0 aliphatic carbocycles. The molecule has 0 amide bonds. The van der Waals surface area contributed by atoms with Crippen molar-refractivity contribution < 1.29 is 4.74 Å². The Morgan fingerprint density at radius 3 is 2.79 bits per heavy atom. The lowest BCUT2D eigenvalue weighted by molar-refractivity contribution is 0.307. The van der Waals surface area contributed by atoms with Crippen molar-refractivity contribution in [3.63, 3.8) is 0 Å².